The van der Waals surface area contributed by atoms with E-state index in [0.717, 1.165) is 12.8 Å². The highest BCUT2D eigenvalue weighted by molar-refractivity contribution is 6.35. The number of ketones is 2. The van der Waals surface area contributed by atoms with Gasteiger partial charge >= 0.3 is 0 Å². The Kier molecular flexibility index (Phi) is 4.05. The van der Waals surface area contributed by atoms with Gasteiger partial charge in [0.15, 0.2) is 0 Å². The van der Waals surface area contributed by atoms with Gasteiger partial charge in [-0.25, -0.2) is 4.39 Å². The summed E-state index contributed by atoms with van der Waals surface area (Å²) in [7, 11) is 0. The normalized spacial score (nSPS) is 28.8. The van der Waals surface area contributed by atoms with Crippen molar-refractivity contribution in [3.05, 3.63) is 71.0 Å². The number of likely N-dealkylation sites (tertiary alicyclic amines) is 1. The van der Waals surface area contributed by atoms with Crippen LogP contribution in [0.15, 0.2) is 48.5 Å². The summed E-state index contributed by atoms with van der Waals surface area (Å²) in [5, 5.41) is 0. The number of Topliss-reactive ketones (excluding diaryl/α,β-unsaturated/α-hetero) is 2. The zero-order valence-electron chi connectivity index (χ0n) is 17.1. The van der Waals surface area contributed by atoms with Gasteiger partial charge in [-0.05, 0) is 30.5 Å². The highest BCUT2D eigenvalue weighted by Gasteiger charge is 2.75. The number of hydrogen-bond donors (Lipinski definition) is 0. The average molecular weight is 433 g/mol. The fourth-order valence-corrected chi connectivity index (χ4v) is 6.02. The van der Waals surface area contributed by atoms with Crippen molar-refractivity contribution in [3.63, 3.8) is 0 Å². The first-order valence-corrected chi connectivity index (χ1v) is 10.9. The number of nitrogens with zero attached hydrogens (tertiary/aromatic N) is 1. The van der Waals surface area contributed by atoms with Crippen molar-refractivity contribution < 1.29 is 28.3 Å². The SMILES string of the molecule is O=C1[C@@H]2[C@@H](c3ccc(F)cc3)OC3(C(=O)c4ccccc4C3=O)[C@H]2C(=O)N1C1CCCC1. The molecule has 1 saturated carbocycles. The minimum atomic E-state index is -2.06. The predicted molar refractivity (Wildman–Crippen MR) is 109 cm³/mol. The Balaban J connectivity index is 1.52. The minimum absolute atomic E-state index is 0.204. The smallest absolute Gasteiger partial charge is 0.237 e. The van der Waals surface area contributed by atoms with Gasteiger partial charge in [0.05, 0.1) is 17.9 Å². The van der Waals surface area contributed by atoms with Crippen LogP contribution in [-0.4, -0.2) is 39.9 Å². The summed E-state index contributed by atoms with van der Waals surface area (Å²) >= 11 is 0. The van der Waals surface area contributed by atoms with Crippen molar-refractivity contribution in [1.29, 1.82) is 0 Å². The minimum Gasteiger partial charge on any atom is -0.349 e. The largest absolute Gasteiger partial charge is 0.349 e. The van der Waals surface area contributed by atoms with E-state index in [2.05, 4.69) is 0 Å². The third kappa shape index (κ3) is 2.32. The molecule has 0 radical (unpaired) electrons. The van der Waals surface area contributed by atoms with E-state index >= 15 is 0 Å². The number of carbonyl (C=O) groups excluding carboxylic acids is 4. The van der Waals surface area contributed by atoms with Gasteiger partial charge in [0.2, 0.25) is 29.0 Å². The number of ether oxygens (including phenoxy) is 1. The summed E-state index contributed by atoms with van der Waals surface area (Å²) < 4.78 is 19.7. The van der Waals surface area contributed by atoms with E-state index in [1.54, 1.807) is 24.3 Å². The van der Waals surface area contributed by atoms with Crippen molar-refractivity contribution >= 4 is 23.4 Å². The van der Waals surface area contributed by atoms with Crippen LogP contribution < -0.4 is 0 Å². The molecule has 2 aliphatic heterocycles. The van der Waals surface area contributed by atoms with E-state index in [1.807, 2.05) is 0 Å². The van der Waals surface area contributed by atoms with E-state index in [-0.39, 0.29) is 17.2 Å². The summed E-state index contributed by atoms with van der Waals surface area (Å²) in [6, 6.07) is 11.6. The Hall–Kier alpha value is -3.19. The second kappa shape index (κ2) is 6.65. The maximum Gasteiger partial charge on any atom is 0.237 e. The zero-order valence-corrected chi connectivity index (χ0v) is 17.1. The topological polar surface area (TPSA) is 80.8 Å². The number of carbonyl (C=O) groups is 4. The fourth-order valence-electron chi connectivity index (χ4n) is 6.02. The van der Waals surface area contributed by atoms with Gasteiger partial charge in [0, 0.05) is 17.2 Å². The van der Waals surface area contributed by atoms with E-state index in [9.17, 15) is 23.6 Å². The molecule has 3 atom stereocenters. The second-order valence-corrected chi connectivity index (χ2v) is 9.02. The highest BCUT2D eigenvalue weighted by Crippen LogP contribution is 2.57. The van der Waals surface area contributed by atoms with Gasteiger partial charge in [0.1, 0.15) is 5.82 Å². The molecule has 4 aliphatic rings. The molecule has 0 aromatic heterocycles. The molecule has 2 aromatic carbocycles. The molecule has 2 amide bonds. The Morgan fingerprint density at radius 3 is 2.03 bits per heavy atom. The predicted octanol–water partition coefficient (Wildman–Crippen LogP) is 3.26. The summed E-state index contributed by atoms with van der Waals surface area (Å²) in [4.78, 5) is 55.7. The maximum absolute atomic E-state index is 13.7. The molecule has 0 bridgehead atoms. The molecular formula is C25H20FNO5. The van der Waals surface area contributed by atoms with E-state index < -0.39 is 52.7 Å². The van der Waals surface area contributed by atoms with Crippen LogP contribution in [0.2, 0.25) is 0 Å². The molecule has 1 spiro atoms. The molecule has 0 N–H and O–H groups in total. The van der Waals surface area contributed by atoms with Crippen LogP contribution in [0.5, 0.6) is 0 Å². The Bertz CT molecular complexity index is 1150. The van der Waals surface area contributed by atoms with Crippen LogP contribution >= 0.6 is 0 Å². The average Bonchev–Trinajstić information content (AvgIpc) is 3.54. The van der Waals surface area contributed by atoms with Crippen LogP contribution in [0.25, 0.3) is 0 Å². The lowest BCUT2D eigenvalue weighted by molar-refractivity contribution is -0.147. The first-order chi connectivity index (χ1) is 15.4. The molecule has 6 rings (SSSR count). The van der Waals surface area contributed by atoms with E-state index in [1.165, 1.54) is 29.2 Å². The molecule has 2 aromatic rings. The first kappa shape index (κ1) is 19.5. The van der Waals surface area contributed by atoms with E-state index in [0.29, 0.717) is 18.4 Å². The molecule has 6 nitrogen and oxygen atoms in total. The standard InChI is InChI=1S/C25H20FNO5/c26-14-11-9-13(10-12-14)20-18-19(24(31)27(23(18)30)15-5-1-2-6-15)25(32-20)21(28)16-7-3-4-8-17(16)22(25)29/h3-4,7-12,15,18-20H,1-2,5-6H2/t18-,19+,20+/m0/s1. The Morgan fingerprint density at radius 2 is 1.44 bits per heavy atom. The van der Waals surface area contributed by atoms with Crippen LogP contribution in [0.4, 0.5) is 4.39 Å². The Labute approximate surface area is 183 Å². The lowest BCUT2D eigenvalue weighted by atomic mass is 9.77. The molecule has 2 saturated heterocycles. The zero-order chi connectivity index (χ0) is 22.2. The van der Waals surface area contributed by atoms with Crippen molar-refractivity contribution in [2.75, 3.05) is 0 Å². The third-order valence-electron chi connectivity index (χ3n) is 7.44. The van der Waals surface area contributed by atoms with Crippen molar-refractivity contribution in [2.24, 2.45) is 11.8 Å². The van der Waals surface area contributed by atoms with Gasteiger partial charge in [-0.2, -0.15) is 0 Å². The highest BCUT2D eigenvalue weighted by atomic mass is 19.1. The van der Waals surface area contributed by atoms with Gasteiger partial charge in [-0.15, -0.1) is 0 Å². The second-order valence-electron chi connectivity index (χ2n) is 9.02. The number of fused-ring (bicyclic) bond motifs is 3. The van der Waals surface area contributed by atoms with Gasteiger partial charge in [-0.3, -0.25) is 24.1 Å². The molecule has 162 valence electrons. The van der Waals surface area contributed by atoms with Gasteiger partial charge < -0.3 is 4.74 Å². The quantitative estimate of drug-likeness (QED) is 0.537. The third-order valence-corrected chi connectivity index (χ3v) is 7.44. The van der Waals surface area contributed by atoms with Gasteiger partial charge in [0.25, 0.3) is 0 Å². The lowest BCUT2D eigenvalue weighted by Crippen LogP contribution is -2.51. The van der Waals surface area contributed by atoms with Crippen molar-refractivity contribution in [1.82, 2.24) is 4.90 Å². The van der Waals surface area contributed by atoms with Crippen LogP contribution in [-0.2, 0) is 14.3 Å². The number of amides is 2. The molecule has 3 fully saturated rings. The summed E-state index contributed by atoms with van der Waals surface area (Å²) in [6.45, 7) is 0. The summed E-state index contributed by atoms with van der Waals surface area (Å²) in [6.07, 6.45) is 2.28. The van der Waals surface area contributed by atoms with Crippen molar-refractivity contribution in [2.45, 2.75) is 43.4 Å². The first-order valence-electron chi connectivity index (χ1n) is 10.9. The number of imide groups is 1. The monoisotopic (exact) mass is 433 g/mol. The van der Waals surface area contributed by atoms with Crippen molar-refractivity contribution in [3.8, 4) is 0 Å². The molecular weight excluding hydrogens is 413 g/mol. The number of hydrogen-bond acceptors (Lipinski definition) is 5. The van der Waals surface area contributed by atoms with Crippen LogP contribution in [0.3, 0.4) is 0 Å². The summed E-state index contributed by atoms with van der Waals surface area (Å²) in [5.41, 5.74) is -1.19. The summed E-state index contributed by atoms with van der Waals surface area (Å²) in [5.74, 6) is -4.76. The molecule has 2 aliphatic carbocycles. The molecule has 2 heterocycles. The molecule has 7 heteroatoms. The van der Waals surface area contributed by atoms with Gasteiger partial charge in [-0.1, -0.05) is 49.2 Å². The molecule has 32 heavy (non-hydrogen) atoms. The van der Waals surface area contributed by atoms with E-state index in [4.69, 9.17) is 4.74 Å². The van der Waals surface area contributed by atoms with Crippen LogP contribution in [0.1, 0.15) is 58.1 Å². The fraction of sp³-hybridized carbons (Fsp3) is 0.360. The number of rotatable bonds is 2. The Morgan fingerprint density at radius 1 is 0.844 bits per heavy atom. The van der Waals surface area contributed by atoms with Crippen LogP contribution in [0, 0.1) is 17.7 Å². The maximum atomic E-state index is 13.7. The number of benzene rings is 2. The lowest BCUT2D eigenvalue weighted by Gasteiger charge is -2.29. The number of halogens is 1. The molecule has 0 unspecified atom stereocenters.